The Balaban J connectivity index is 1.70. The van der Waals surface area contributed by atoms with E-state index in [9.17, 15) is 0 Å². The third kappa shape index (κ3) is 1.64. The summed E-state index contributed by atoms with van der Waals surface area (Å²) in [5.74, 6) is 3.08. The van der Waals surface area contributed by atoms with Crippen LogP contribution in [0.15, 0.2) is 11.6 Å². The monoisotopic (exact) mass is 257 g/mol. The van der Waals surface area contributed by atoms with Gasteiger partial charge in [0.05, 0.1) is 0 Å². The van der Waals surface area contributed by atoms with Crippen molar-refractivity contribution in [3.63, 3.8) is 0 Å². The lowest BCUT2D eigenvalue weighted by Gasteiger charge is -2.56. The van der Waals surface area contributed by atoms with Crippen LogP contribution in [0.1, 0.15) is 71.6 Å². The van der Waals surface area contributed by atoms with Crippen molar-refractivity contribution < 1.29 is 0 Å². The van der Waals surface area contributed by atoms with Gasteiger partial charge in [0, 0.05) is 0 Å². The molecule has 0 aromatic rings. The molecule has 4 rings (SSSR count). The molecule has 105 valence electrons. The molecule has 4 aliphatic rings. The van der Waals surface area contributed by atoms with Gasteiger partial charge >= 0.3 is 0 Å². The predicted molar refractivity (Wildman–Crippen MR) is 80.6 cm³/mol. The molecule has 5 atom stereocenters. The van der Waals surface area contributed by atoms with Crippen LogP contribution < -0.4 is 0 Å². The summed E-state index contributed by atoms with van der Waals surface area (Å²) in [6, 6.07) is 0. The third-order valence-corrected chi connectivity index (χ3v) is 7.64. The van der Waals surface area contributed by atoms with E-state index in [1.807, 2.05) is 5.57 Å². The molecule has 0 aromatic carbocycles. The molecular weight excluding hydrogens is 228 g/mol. The van der Waals surface area contributed by atoms with Crippen molar-refractivity contribution in [1.29, 1.82) is 0 Å². The first kappa shape index (κ1) is 12.5. The Morgan fingerprint density at radius 1 is 1.05 bits per heavy atom. The van der Waals surface area contributed by atoms with Gasteiger partial charge in [-0.2, -0.15) is 0 Å². The molecule has 0 nitrogen and oxygen atoms in total. The summed E-state index contributed by atoms with van der Waals surface area (Å²) in [4.78, 5) is 0. The molecule has 3 saturated carbocycles. The van der Waals surface area contributed by atoms with Gasteiger partial charge in [-0.1, -0.05) is 31.9 Å². The predicted octanol–water partition coefficient (Wildman–Crippen LogP) is 5.54. The van der Waals surface area contributed by atoms with Gasteiger partial charge in [0.25, 0.3) is 0 Å². The maximum Gasteiger partial charge on any atom is -0.00851 e. The zero-order chi connectivity index (χ0) is 13.1. The van der Waals surface area contributed by atoms with Crippen LogP contribution in [-0.2, 0) is 0 Å². The van der Waals surface area contributed by atoms with Gasteiger partial charge in [-0.25, -0.2) is 0 Å². The van der Waals surface area contributed by atoms with E-state index in [0.29, 0.717) is 10.8 Å². The Kier molecular flexibility index (Phi) is 2.71. The van der Waals surface area contributed by atoms with Crippen molar-refractivity contribution in [3.8, 4) is 0 Å². The zero-order valence-electron chi connectivity index (χ0n) is 12.8. The summed E-state index contributed by atoms with van der Waals surface area (Å²) in [6.07, 6.45) is 18.3. The lowest BCUT2D eigenvalue weighted by atomic mass is 9.48. The van der Waals surface area contributed by atoms with Crippen LogP contribution in [0.3, 0.4) is 0 Å². The van der Waals surface area contributed by atoms with Gasteiger partial charge in [-0.15, -0.1) is 0 Å². The van der Waals surface area contributed by atoms with Gasteiger partial charge in [0.1, 0.15) is 0 Å². The van der Waals surface area contributed by atoms with Crippen LogP contribution in [0.5, 0.6) is 0 Å². The number of hydrogen-bond donors (Lipinski definition) is 0. The van der Waals surface area contributed by atoms with Crippen molar-refractivity contribution in [2.75, 3.05) is 0 Å². The van der Waals surface area contributed by atoms with Crippen LogP contribution in [0, 0.1) is 35.0 Å². The molecule has 4 aliphatic carbocycles. The summed E-state index contributed by atoms with van der Waals surface area (Å²) in [5, 5.41) is 0. The highest BCUT2D eigenvalue weighted by Gasteiger charge is 2.55. The summed E-state index contributed by atoms with van der Waals surface area (Å²) in [7, 11) is 0. The van der Waals surface area contributed by atoms with E-state index in [0.717, 1.165) is 17.8 Å². The molecular formula is C19H29. The molecule has 0 saturated heterocycles. The molecule has 19 heavy (non-hydrogen) atoms. The average Bonchev–Trinajstić information content (AvgIpc) is 2.79. The van der Waals surface area contributed by atoms with Crippen LogP contribution in [0.4, 0.5) is 0 Å². The number of allylic oxidation sites excluding steroid dienone is 2. The Labute approximate surface area is 119 Å². The molecule has 0 amide bonds. The van der Waals surface area contributed by atoms with Crippen LogP contribution in [-0.4, -0.2) is 0 Å². The largest absolute Gasteiger partial charge is 0.0845 e. The van der Waals surface area contributed by atoms with Gasteiger partial charge in [-0.05, 0) is 86.4 Å². The van der Waals surface area contributed by atoms with Gasteiger partial charge in [-0.3, -0.25) is 0 Å². The van der Waals surface area contributed by atoms with E-state index < -0.39 is 0 Å². The van der Waals surface area contributed by atoms with Crippen LogP contribution >= 0.6 is 0 Å². The standard InChI is InChI=1S/C19H29/c1-18-11-5-7-16(18)15-9-8-14-6-3-4-12-19(14,2)17(15)10-13-18/h3,8,15-17H,4-7,9-13H2,1-2H3/t15-,16-,17-,18-,19-/m0/s1. The fraction of sp³-hybridized carbons (Fsp3) is 0.842. The van der Waals surface area contributed by atoms with Crippen molar-refractivity contribution in [2.45, 2.75) is 71.6 Å². The topological polar surface area (TPSA) is 0 Å². The fourth-order valence-corrected chi connectivity index (χ4v) is 6.47. The van der Waals surface area contributed by atoms with Crippen molar-refractivity contribution in [2.24, 2.45) is 28.6 Å². The molecule has 0 aromatic heterocycles. The first-order valence-electron chi connectivity index (χ1n) is 8.65. The lowest BCUT2D eigenvalue weighted by Crippen LogP contribution is -2.48. The molecule has 0 N–H and O–H groups in total. The molecule has 0 spiro atoms. The number of fused-ring (bicyclic) bond motifs is 5. The first-order chi connectivity index (χ1) is 9.13. The minimum atomic E-state index is 0.571. The summed E-state index contributed by atoms with van der Waals surface area (Å²) in [6.45, 7) is 5.22. The Hall–Kier alpha value is -0.260. The van der Waals surface area contributed by atoms with Crippen LogP contribution in [0.2, 0.25) is 0 Å². The second-order valence-corrected chi connectivity index (χ2v) is 8.38. The summed E-state index contributed by atoms with van der Waals surface area (Å²) >= 11 is 0. The highest BCUT2D eigenvalue weighted by molar-refractivity contribution is 5.26. The molecule has 0 unspecified atom stereocenters. The fourth-order valence-electron chi connectivity index (χ4n) is 6.47. The minimum Gasteiger partial charge on any atom is -0.0845 e. The SMILES string of the molecule is C[C@@]12CCC[C@H]1[C@@H]1CC=C3C[CH]CC[C@]3(C)[C@H]1CC2. The van der Waals surface area contributed by atoms with E-state index in [4.69, 9.17) is 0 Å². The normalized spacial score (nSPS) is 52.9. The summed E-state index contributed by atoms with van der Waals surface area (Å²) < 4.78 is 0. The third-order valence-electron chi connectivity index (χ3n) is 7.64. The van der Waals surface area contributed by atoms with Gasteiger partial charge in [0.2, 0.25) is 0 Å². The van der Waals surface area contributed by atoms with Crippen molar-refractivity contribution in [3.05, 3.63) is 18.1 Å². The van der Waals surface area contributed by atoms with E-state index in [-0.39, 0.29) is 0 Å². The van der Waals surface area contributed by atoms with E-state index in [1.54, 1.807) is 0 Å². The van der Waals surface area contributed by atoms with Crippen LogP contribution in [0.25, 0.3) is 0 Å². The molecule has 3 fully saturated rings. The van der Waals surface area contributed by atoms with Crippen molar-refractivity contribution >= 4 is 0 Å². The highest BCUT2D eigenvalue weighted by Crippen LogP contribution is 2.64. The number of rotatable bonds is 0. The minimum absolute atomic E-state index is 0.571. The molecule has 0 heterocycles. The zero-order valence-corrected chi connectivity index (χ0v) is 12.8. The molecule has 0 heteroatoms. The van der Waals surface area contributed by atoms with E-state index >= 15 is 0 Å². The Bertz CT molecular complexity index is 406. The smallest absolute Gasteiger partial charge is 0.00851 e. The van der Waals surface area contributed by atoms with Gasteiger partial charge < -0.3 is 0 Å². The molecule has 0 aliphatic heterocycles. The quantitative estimate of drug-likeness (QED) is 0.499. The number of hydrogen-bond acceptors (Lipinski definition) is 0. The maximum atomic E-state index is 2.67. The Morgan fingerprint density at radius 3 is 2.84 bits per heavy atom. The lowest BCUT2D eigenvalue weighted by molar-refractivity contribution is -0.0223. The van der Waals surface area contributed by atoms with E-state index in [1.165, 1.54) is 57.8 Å². The van der Waals surface area contributed by atoms with Crippen molar-refractivity contribution in [1.82, 2.24) is 0 Å². The average molecular weight is 257 g/mol. The second kappa shape index (κ2) is 4.12. The maximum absolute atomic E-state index is 2.67. The molecule has 1 radical (unpaired) electrons. The Morgan fingerprint density at radius 2 is 1.95 bits per heavy atom. The van der Waals surface area contributed by atoms with Gasteiger partial charge in [0.15, 0.2) is 0 Å². The molecule has 0 bridgehead atoms. The summed E-state index contributed by atoms with van der Waals surface area (Å²) in [5.41, 5.74) is 3.09. The first-order valence-corrected chi connectivity index (χ1v) is 8.65. The van der Waals surface area contributed by atoms with E-state index in [2.05, 4.69) is 26.3 Å². The highest BCUT2D eigenvalue weighted by atomic mass is 14.6. The second-order valence-electron chi connectivity index (χ2n) is 8.38.